The van der Waals surface area contributed by atoms with E-state index in [0.29, 0.717) is 6.61 Å². The molecule has 108 valence electrons. The van der Waals surface area contributed by atoms with Crippen LogP contribution in [0.3, 0.4) is 0 Å². The molecule has 0 radical (unpaired) electrons. The summed E-state index contributed by atoms with van der Waals surface area (Å²) in [7, 11) is -3.72. The van der Waals surface area contributed by atoms with Crippen molar-refractivity contribution in [2.24, 2.45) is 0 Å². The summed E-state index contributed by atoms with van der Waals surface area (Å²) < 4.78 is 44.8. The SMILES string of the molecule is CCOCCNS(=O)(=O)c1cc(C)c(F)c(CO)c1. The van der Waals surface area contributed by atoms with Crippen LogP contribution >= 0.6 is 0 Å². The molecule has 2 N–H and O–H groups in total. The quantitative estimate of drug-likeness (QED) is 0.733. The Bertz CT molecular complexity index is 531. The summed E-state index contributed by atoms with van der Waals surface area (Å²) >= 11 is 0. The number of benzene rings is 1. The molecule has 0 saturated carbocycles. The highest BCUT2D eigenvalue weighted by atomic mass is 32.2. The van der Waals surface area contributed by atoms with Crippen LogP contribution < -0.4 is 4.72 Å². The number of aliphatic hydroxyl groups excluding tert-OH is 1. The summed E-state index contributed by atoms with van der Waals surface area (Å²) in [6.45, 7) is 3.63. The molecule has 0 bridgehead atoms. The van der Waals surface area contributed by atoms with E-state index >= 15 is 0 Å². The van der Waals surface area contributed by atoms with Gasteiger partial charge in [-0.3, -0.25) is 0 Å². The zero-order valence-corrected chi connectivity index (χ0v) is 11.8. The van der Waals surface area contributed by atoms with Crippen molar-refractivity contribution in [1.82, 2.24) is 4.72 Å². The molecule has 1 aromatic carbocycles. The molecule has 5 nitrogen and oxygen atoms in total. The summed E-state index contributed by atoms with van der Waals surface area (Å²) in [5.41, 5.74) is 0.141. The predicted octanol–water partition coefficient (Wildman–Crippen LogP) is 0.941. The van der Waals surface area contributed by atoms with Gasteiger partial charge in [0.2, 0.25) is 10.0 Å². The second-order valence-corrected chi connectivity index (χ2v) is 5.73. The molecule has 1 aromatic rings. The van der Waals surface area contributed by atoms with Gasteiger partial charge in [0.05, 0.1) is 18.1 Å². The summed E-state index contributed by atoms with van der Waals surface area (Å²) in [6, 6.07) is 2.36. The van der Waals surface area contributed by atoms with Crippen molar-refractivity contribution in [2.75, 3.05) is 19.8 Å². The molecule has 1 rings (SSSR count). The molecule has 0 unspecified atom stereocenters. The molecular formula is C12H18FNO4S. The fourth-order valence-corrected chi connectivity index (χ4v) is 2.70. The first-order valence-electron chi connectivity index (χ1n) is 5.89. The molecule has 0 fully saturated rings. The maximum atomic E-state index is 13.5. The van der Waals surface area contributed by atoms with Crippen LogP contribution in [0, 0.1) is 12.7 Å². The molecule has 0 aliphatic rings. The molecule has 0 aliphatic heterocycles. The molecule has 0 heterocycles. The van der Waals surface area contributed by atoms with Crippen molar-refractivity contribution in [3.8, 4) is 0 Å². The third-order valence-corrected chi connectivity index (χ3v) is 3.97. The first kappa shape index (κ1) is 16.0. The number of hydrogen-bond acceptors (Lipinski definition) is 4. The number of aliphatic hydroxyl groups is 1. The molecule has 0 aromatic heterocycles. The third-order valence-electron chi connectivity index (χ3n) is 2.53. The van der Waals surface area contributed by atoms with Gasteiger partial charge in [-0.05, 0) is 31.5 Å². The smallest absolute Gasteiger partial charge is 0.240 e. The highest BCUT2D eigenvalue weighted by Gasteiger charge is 2.17. The largest absolute Gasteiger partial charge is 0.392 e. The van der Waals surface area contributed by atoms with Crippen LogP contribution in [-0.2, 0) is 21.4 Å². The fourth-order valence-electron chi connectivity index (χ4n) is 1.55. The number of nitrogens with one attached hydrogen (secondary N) is 1. The van der Waals surface area contributed by atoms with Gasteiger partial charge in [0.15, 0.2) is 0 Å². The molecule has 0 saturated heterocycles. The zero-order chi connectivity index (χ0) is 14.5. The molecule has 0 spiro atoms. The van der Waals surface area contributed by atoms with Gasteiger partial charge in [-0.15, -0.1) is 0 Å². The Morgan fingerprint density at radius 2 is 2.11 bits per heavy atom. The van der Waals surface area contributed by atoms with Crippen molar-refractivity contribution in [2.45, 2.75) is 25.3 Å². The molecule has 0 atom stereocenters. The number of sulfonamides is 1. The van der Waals surface area contributed by atoms with E-state index in [1.165, 1.54) is 13.0 Å². The first-order valence-corrected chi connectivity index (χ1v) is 7.38. The third kappa shape index (κ3) is 4.24. The number of halogens is 1. The van der Waals surface area contributed by atoms with Crippen molar-refractivity contribution < 1.29 is 22.7 Å². The van der Waals surface area contributed by atoms with E-state index in [0.717, 1.165) is 6.07 Å². The highest BCUT2D eigenvalue weighted by molar-refractivity contribution is 7.89. The molecule has 7 heteroatoms. The highest BCUT2D eigenvalue weighted by Crippen LogP contribution is 2.19. The summed E-state index contributed by atoms with van der Waals surface area (Å²) in [6.07, 6.45) is 0. The Morgan fingerprint density at radius 1 is 1.42 bits per heavy atom. The number of aryl methyl sites for hydroxylation is 1. The zero-order valence-electron chi connectivity index (χ0n) is 10.9. The average Bonchev–Trinajstić information content (AvgIpc) is 2.37. The lowest BCUT2D eigenvalue weighted by Gasteiger charge is -2.10. The van der Waals surface area contributed by atoms with E-state index in [1.54, 1.807) is 0 Å². The lowest BCUT2D eigenvalue weighted by Crippen LogP contribution is -2.27. The van der Waals surface area contributed by atoms with Crippen LogP contribution in [0.25, 0.3) is 0 Å². The Hall–Kier alpha value is -1.02. The fraction of sp³-hybridized carbons (Fsp3) is 0.500. The van der Waals surface area contributed by atoms with Crippen LogP contribution in [0.2, 0.25) is 0 Å². The maximum absolute atomic E-state index is 13.5. The Morgan fingerprint density at radius 3 is 2.68 bits per heavy atom. The monoisotopic (exact) mass is 291 g/mol. The van der Waals surface area contributed by atoms with E-state index in [4.69, 9.17) is 9.84 Å². The van der Waals surface area contributed by atoms with Crippen LogP contribution in [0.4, 0.5) is 4.39 Å². The maximum Gasteiger partial charge on any atom is 0.240 e. The van der Waals surface area contributed by atoms with Gasteiger partial charge in [-0.25, -0.2) is 17.5 Å². The first-order chi connectivity index (χ1) is 8.92. The Balaban J connectivity index is 2.92. The Kier molecular flexibility index (Phi) is 5.86. The summed E-state index contributed by atoms with van der Waals surface area (Å²) in [5, 5.41) is 9.00. The van der Waals surface area contributed by atoms with Gasteiger partial charge in [0.25, 0.3) is 0 Å². The lowest BCUT2D eigenvalue weighted by molar-refractivity contribution is 0.153. The lowest BCUT2D eigenvalue weighted by atomic mass is 10.1. The van der Waals surface area contributed by atoms with E-state index in [1.807, 2.05) is 6.92 Å². The van der Waals surface area contributed by atoms with Gasteiger partial charge >= 0.3 is 0 Å². The van der Waals surface area contributed by atoms with Crippen LogP contribution in [0.15, 0.2) is 17.0 Å². The second-order valence-electron chi connectivity index (χ2n) is 3.97. The number of rotatable bonds is 7. The summed E-state index contributed by atoms with van der Waals surface area (Å²) in [5.74, 6) is -0.587. The van der Waals surface area contributed by atoms with Crippen LogP contribution in [0.1, 0.15) is 18.1 Å². The topological polar surface area (TPSA) is 75.6 Å². The van der Waals surface area contributed by atoms with Gasteiger partial charge in [0.1, 0.15) is 5.82 Å². The van der Waals surface area contributed by atoms with Crippen molar-refractivity contribution >= 4 is 10.0 Å². The standard InChI is InChI=1S/C12H18FNO4S/c1-3-18-5-4-14-19(16,17)11-6-9(2)12(13)10(7-11)8-15/h6-7,14-15H,3-5,8H2,1-2H3. The van der Waals surface area contributed by atoms with Crippen LogP contribution in [-0.4, -0.2) is 33.3 Å². The molecule has 0 aliphatic carbocycles. The normalized spacial score (nSPS) is 11.8. The molecular weight excluding hydrogens is 273 g/mol. The minimum Gasteiger partial charge on any atom is -0.392 e. The van der Waals surface area contributed by atoms with Gasteiger partial charge < -0.3 is 9.84 Å². The van der Waals surface area contributed by atoms with Gasteiger partial charge in [-0.2, -0.15) is 0 Å². The van der Waals surface area contributed by atoms with Crippen molar-refractivity contribution in [3.63, 3.8) is 0 Å². The number of ether oxygens (including phenoxy) is 1. The van der Waals surface area contributed by atoms with Gasteiger partial charge in [0, 0.05) is 18.7 Å². The predicted molar refractivity (Wildman–Crippen MR) is 68.7 cm³/mol. The van der Waals surface area contributed by atoms with Crippen molar-refractivity contribution in [1.29, 1.82) is 0 Å². The van der Waals surface area contributed by atoms with Gasteiger partial charge in [-0.1, -0.05) is 0 Å². The van der Waals surface area contributed by atoms with E-state index in [9.17, 15) is 12.8 Å². The number of hydrogen-bond donors (Lipinski definition) is 2. The second kappa shape index (κ2) is 6.95. The van der Waals surface area contributed by atoms with E-state index in [2.05, 4.69) is 4.72 Å². The van der Waals surface area contributed by atoms with E-state index in [-0.39, 0.29) is 29.2 Å². The average molecular weight is 291 g/mol. The minimum absolute atomic E-state index is 0.0369. The molecule has 19 heavy (non-hydrogen) atoms. The summed E-state index contributed by atoms with van der Waals surface area (Å²) in [4.78, 5) is -0.0630. The van der Waals surface area contributed by atoms with Crippen molar-refractivity contribution in [3.05, 3.63) is 29.1 Å². The Labute approximate surface area is 112 Å². The van der Waals surface area contributed by atoms with E-state index < -0.39 is 22.4 Å². The minimum atomic E-state index is -3.72. The molecule has 0 amide bonds. The van der Waals surface area contributed by atoms with Crippen LogP contribution in [0.5, 0.6) is 0 Å².